The lowest BCUT2D eigenvalue weighted by molar-refractivity contribution is -0.121. The molecule has 0 aliphatic rings. The van der Waals surface area contributed by atoms with Crippen molar-refractivity contribution in [2.24, 2.45) is 5.84 Å². The van der Waals surface area contributed by atoms with Gasteiger partial charge in [-0.2, -0.15) is 0 Å². The average Bonchev–Trinajstić information content (AvgIpc) is 2.67. The molecule has 0 aliphatic carbocycles. The van der Waals surface area contributed by atoms with Crippen LogP contribution in [0.25, 0.3) is 0 Å². The van der Waals surface area contributed by atoms with Gasteiger partial charge in [-0.25, -0.2) is 15.7 Å². The Kier molecular flexibility index (Phi) is 5.42. The van der Waals surface area contributed by atoms with Crippen LogP contribution in [0.4, 0.5) is 0 Å². The Morgan fingerprint density at radius 1 is 1.56 bits per heavy atom. The first-order valence-corrected chi connectivity index (χ1v) is 6.66. The van der Waals surface area contributed by atoms with E-state index >= 15 is 0 Å². The van der Waals surface area contributed by atoms with Crippen LogP contribution in [0.2, 0.25) is 0 Å². The lowest BCUT2D eigenvalue weighted by Gasteiger charge is -2.12. The molecular formula is C10H19N5O2S. The SMILES string of the molecule is CC(CCC(=O)NN)Sc1n[nH]c(=O)n1C(C)C. The molecule has 1 rings (SSSR count). The minimum atomic E-state index is -0.209. The quantitative estimate of drug-likeness (QED) is 0.301. The van der Waals surface area contributed by atoms with Crippen LogP contribution in [-0.2, 0) is 4.79 Å². The Hall–Kier alpha value is -1.28. The summed E-state index contributed by atoms with van der Waals surface area (Å²) in [4.78, 5) is 22.6. The van der Waals surface area contributed by atoms with E-state index in [1.807, 2.05) is 20.8 Å². The van der Waals surface area contributed by atoms with Crippen molar-refractivity contribution < 1.29 is 4.79 Å². The van der Waals surface area contributed by atoms with Crippen molar-refractivity contribution in [1.29, 1.82) is 0 Å². The molecule has 4 N–H and O–H groups in total. The Morgan fingerprint density at radius 3 is 2.78 bits per heavy atom. The van der Waals surface area contributed by atoms with Crippen molar-refractivity contribution in [3.8, 4) is 0 Å². The van der Waals surface area contributed by atoms with Gasteiger partial charge in [0.1, 0.15) is 0 Å². The molecule has 18 heavy (non-hydrogen) atoms. The highest BCUT2D eigenvalue weighted by molar-refractivity contribution is 7.99. The number of H-pyrrole nitrogens is 1. The van der Waals surface area contributed by atoms with Crippen LogP contribution in [-0.4, -0.2) is 25.9 Å². The van der Waals surface area contributed by atoms with E-state index < -0.39 is 0 Å². The first kappa shape index (κ1) is 14.8. The second kappa shape index (κ2) is 6.60. The van der Waals surface area contributed by atoms with Gasteiger partial charge in [0.05, 0.1) is 0 Å². The molecule has 102 valence electrons. The van der Waals surface area contributed by atoms with Crippen molar-refractivity contribution in [2.75, 3.05) is 0 Å². The van der Waals surface area contributed by atoms with E-state index in [1.165, 1.54) is 11.8 Å². The van der Waals surface area contributed by atoms with Crippen molar-refractivity contribution >= 4 is 17.7 Å². The van der Waals surface area contributed by atoms with Crippen LogP contribution in [0.1, 0.15) is 39.7 Å². The second-order valence-electron chi connectivity index (χ2n) is 4.31. The first-order valence-electron chi connectivity index (χ1n) is 5.78. The highest BCUT2D eigenvalue weighted by Gasteiger charge is 2.15. The van der Waals surface area contributed by atoms with Gasteiger partial charge in [-0.15, -0.1) is 5.10 Å². The third-order valence-electron chi connectivity index (χ3n) is 2.43. The fourth-order valence-corrected chi connectivity index (χ4v) is 2.58. The molecule has 7 nitrogen and oxygen atoms in total. The second-order valence-corrected chi connectivity index (χ2v) is 5.72. The molecule has 1 aromatic rings. The van der Waals surface area contributed by atoms with E-state index in [-0.39, 0.29) is 22.9 Å². The molecule has 1 atom stereocenters. The lowest BCUT2D eigenvalue weighted by Crippen LogP contribution is -2.30. The first-order chi connectivity index (χ1) is 8.45. The van der Waals surface area contributed by atoms with Crippen LogP contribution in [0.3, 0.4) is 0 Å². The van der Waals surface area contributed by atoms with Gasteiger partial charge in [-0.3, -0.25) is 14.8 Å². The molecule has 0 saturated heterocycles. The number of aromatic nitrogens is 3. The molecule has 0 spiro atoms. The van der Waals surface area contributed by atoms with E-state index in [4.69, 9.17) is 5.84 Å². The fourth-order valence-electron chi connectivity index (χ4n) is 1.47. The number of hydrogen-bond donors (Lipinski definition) is 3. The van der Waals surface area contributed by atoms with Gasteiger partial charge in [-0.1, -0.05) is 18.7 Å². The van der Waals surface area contributed by atoms with Crippen molar-refractivity contribution in [3.63, 3.8) is 0 Å². The van der Waals surface area contributed by atoms with Gasteiger partial charge in [0, 0.05) is 17.7 Å². The number of hydrogen-bond acceptors (Lipinski definition) is 5. The van der Waals surface area contributed by atoms with Crippen molar-refractivity contribution in [3.05, 3.63) is 10.5 Å². The van der Waals surface area contributed by atoms with Gasteiger partial charge in [0.15, 0.2) is 5.16 Å². The Bertz CT molecular complexity index is 453. The zero-order valence-corrected chi connectivity index (χ0v) is 11.6. The highest BCUT2D eigenvalue weighted by Crippen LogP contribution is 2.24. The molecule has 1 unspecified atom stereocenters. The smallest absolute Gasteiger partial charge is 0.294 e. The van der Waals surface area contributed by atoms with Gasteiger partial charge in [0.2, 0.25) is 5.91 Å². The third kappa shape index (κ3) is 3.88. The predicted molar refractivity (Wildman–Crippen MR) is 70.1 cm³/mol. The molecule has 0 fully saturated rings. The summed E-state index contributed by atoms with van der Waals surface area (Å²) in [6.45, 7) is 5.83. The van der Waals surface area contributed by atoms with Gasteiger partial charge >= 0.3 is 5.69 Å². The van der Waals surface area contributed by atoms with E-state index in [9.17, 15) is 9.59 Å². The molecule has 1 aromatic heterocycles. The number of carbonyl (C=O) groups excluding carboxylic acids is 1. The summed E-state index contributed by atoms with van der Waals surface area (Å²) in [5.74, 6) is 4.82. The minimum Gasteiger partial charge on any atom is -0.294 e. The number of hydrazine groups is 1. The largest absolute Gasteiger partial charge is 0.344 e. The standard InChI is InChI=1S/C10H19N5O2S/c1-6(2)15-9(17)13-14-10(15)18-7(3)4-5-8(16)12-11/h6-7H,4-5,11H2,1-3H3,(H,12,16)(H,13,17). The molecule has 0 aliphatic heterocycles. The molecular weight excluding hydrogens is 254 g/mol. The van der Waals surface area contributed by atoms with Crippen LogP contribution in [0.5, 0.6) is 0 Å². The van der Waals surface area contributed by atoms with E-state index in [0.29, 0.717) is 18.0 Å². The van der Waals surface area contributed by atoms with Crippen molar-refractivity contribution in [1.82, 2.24) is 20.2 Å². The zero-order valence-electron chi connectivity index (χ0n) is 10.8. The molecule has 0 saturated carbocycles. The maximum absolute atomic E-state index is 11.5. The van der Waals surface area contributed by atoms with Crippen LogP contribution in [0, 0.1) is 0 Å². The zero-order chi connectivity index (χ0) is 13.7. The van der Waals surface area contributed by atoms with Crippen molar-refractivity contribution in [2.45, 2.75) is 50.1 Å². The summed E-state index contributed by atoms with van der Waals surface area (Å²) in [5.41, 5.74) is 1.88. The molecule has 1 heterocycles. The topological polar surface area (TPSA) is 106 Å². The number of nitrogens with one attached hydrogen (secondary N) is 2. The van der Waals surface area contributed by atoms with Crippen LogP contribution < -0.4 is 17.0 Å². The number of aromatic amines is 1. The van der Waals surface area contributed by atoms with Gasteiger partial charge in [0.25, 0.3) is 0 Å². The number of nitrogens with zero attached hydrogens (tertiary/aromatic N) is 2. The number of thioether (sulfide) groups is 1. The van der Waals surface area contributed by atoms with Crippen LogP contribution in [0.15, 0.2) is 9.95 Å². The maximum Gasteiger partial charge on any atom is 0.344 e. The number of rotatable bonds is 6. The predicted octanol–water partition coefficient (Wildman–Crippen LogP) is 0.403. The van der Waals surface area contributed by atoms with Gasteiger partial charge < -0.3 is 0 Å². The summed E-state index contributed by atoms with van der Waals surface area (Å²) in [6, 6.07) is 0.0540. The molecule has 0 bridgehead atoms. The summed E-state index contributed by atoms with van der Waals surface area (Å²) in [6.07, 6.45) is 1.04. The Labute approximate surface area is 109 Å². The van der Waals surface area contributed by atoms with Crippen LogP contribution >= 0.6 is 11.8 Å². The highest BCUT2D eigenvalue weighted by atomic mass is 32.2. The minimum absolute atomic E-state index is 0.0540. The molecule has 0 radical (unpaired) electrons. The lowest BCUT2D eigenvalue weighted by atomic mass is 10.2. The Morgan fingerprint density at radius 2 is 2.22 bits per heavy atom. The van der Waals surface area contributed by atoms with E-state index in [1.54, 1.807) is 4.57 Å². The third-order valence-corrected chi connectivity index (χ3v) is 3.57. The maximum atomic E-state index is 11.5. The number of carbonyl (C=O) groups is 1. The summed E-state index contributed by atoms with van der Waals surface area (Å²) >= 11 is 1.47. The number of nitrogens with two attached hydrogens (primary N) is 1. The monoisotopic (exact) mass is 273 g/mol. The fraction of sp³-hybridized carbons (Fsp3) is 0.700. The van der Waals surface area contributed by atoms with Gasteiger partial charge in [-0.05, 0) is 20.3 Å². The normalized spacial score (nSPS) is 12.7. The summed E-state index contributed by atoms with van der Waals surface area (Å²) < 4.78 is 1.60. The molecule has 8 heteroatoms. The average molecular weight is 273 g/mol. The summed E-state index contributed by atoms with van der Waals surface area (Å²) in [5, 5.41) is 7.25. The molecule has 1 amide bonds. The summed E-state index contributed by atoms with van der Waals surface area (Å²) in [7, 11) is 0. The molecule has 0 aromatic carbocycles. The van der Waals surface area contributed by atoms with E-state index in [0.717, 1.165) is 0 Å². The number of amides is 1. The van der Waals surface area contributed by atoms with E-state index in [2.05, 4.69) is 15.6 Å². The Balaban J connectivity index is 2.62.